The summed E-state index contributed by atoms with van der Waals surface area (Å²) < 4.78 is 40.7. The largest absolute Gasteiger partial charge is 0.416 e. The minimum absolute atomic E-state index is 0.198. The summed E-state index contributed by atoms with van der Waals surface area (Å²) in [5.74, 6) is 0. The fourth-order valence-electron chi connectivity index (χ4n) is 3.69. The summed E-state index contributed by atoms with van der Waals surface area (Å²) in [5, 5.41) is 11.1. The first kappa shape index (κ1) is 19.5. The van der Waals surface area contributed by atoms with E-state index in [1.165, 1.54) is 10.6 Å². The van der Waals surface area contributed by atoms with Crippen LogP contribution in [0.4, 0.5) is 13.2 Å². The van der Waals surface area contributed by atoms with Crippen molar-refractivity contribution in [2.24, 2.45) is 0 Å². The van der Waals surface area contributed by atoms with Crippen LogP contribution in [0.1, 0.15) is 5.56 Å². The Kier molecular flexibility index (Phi) is 4.63. The van der Waals surface area contributed by atoms with Gasteiger partial charge in [-0.2, -0.15) is 13.2 Å². The maximum Gasteiger partial charge on any atom is 0.416 e. The Morgan fingerprint density at radius 2 is 2.03 bits per heavy atom. The molecular weight excluding hydrogens is 407 g/mol. The first-order valence-electron chi connectivity index (χ1n) is 8.68. The number of nitrogens with one attached hydrogen (secondary N) is 1. The van der Waals surface area contributed by atoms with Crippen LogP contribution in [0.5, 0.6) is 0 Å². The van der Waals surface area contributed by atoms with Gasteiger partial charge in [-0.25, -0.2) is 0 Å². The zero-order chi connectivity index (χ0) is 20.9. The lowest BCUT2D eigenvalue weighted by Gasteiger charge is -2.18. The van der Waals surface area contributed by atoms with E-state index in [-0.39, 0.29) is 10.6 Å². The number of halogens is 4. The van der Waals surface area contributed by atoms with Gasteiger partial charge in [0.25, 0.3) is 0 Å². The smallest absolute Gasteiger partial charge is 0.382 e. The maximum absolute atomic E-state index is 13.1. The predicted octanol–water partition coefficient (Wildman–Crippen LogP) is 4.43. The molecule has 0 fully saturated rings. The quantitative estimate of drug-likeness (QED) is 0.514. The monoisotopic (exact) mass is 421 g/mol. The number of alkyl halides is 3. The van der Waals surface area contributed by atoms with Gasteiger partial charge in [0.2, 0.25) is 5.56 Å². The molecule has 5 nitrogen and oxygen atoms in total. The Bertz CT molecular complexity index is 1280. The molecule has 4 aromatic rings. The van der Waals surface area contributed by atoms with Gasteiger partial charge < -0.3 is 14.7 Å². The topological polar surface area (TPSA) is 70.9 Å². The number of hydrogen-bond donors (Lipinski definition) is 2. The van der Waals surface area contributed by atoms with Crippen LogP contribution in [0.15, 0.2) is 47.5 Å². The van der Waals surface area contributed by atoms with Crippen LogP contribution in [-0.4, -0.2) is 31.9 Å². The first-order chi connectivity index (χ1) is 13.7. The number of aromatic amines is 1. The van der Waals surface area contributed by atoms with Crippen molar-refractivity contribution >= 4 is 33.4 Å². The van der Waals surface area contributed by atoms with Crippen LogP contribution < -0.4 is 5.56 Å². The molecule has 0 radical (unpaired) electrons. The highest BCUT2D eigenvalue weighted by Crippen LogP contribution is 2.39. The van der Waals surface area contributed by atoms with E-state index in [0.717, 1.165) is 0 Å². The molecule has 0 amide bonds. The molecule has 0 bridgehead atoms. The van der Waals surface area contributed by atoms with Crippen LogP contribution >= 0.6 is 11.6 Å². The third-order valence-electron chi connectivity index (χ3n) is 4.90. The van der Waals surface area contributed by atoms with Crippen molar-refractivity contribution < 1.29 is 18.3 Å². The van der Waals surface area contributed by atoms with Crippen molar-refractivity contribution in [1.29, 1.82) is 0 Å². The zero-order valence-corrected chi connectivity index (χ0v) is 15.8. The second kappa shape index (κ2) is 6.89. The highest BCUT2D eigenvalue weighted by molar-refractivity contribution is 6.37. The predicted molar refractivity (Wildman–Crippen MR) is 105 cm³/mol. The first-order valence-corrected chi connectivity index (χ1v) is 9.06. The standard InChI is InChI=1S/C20H15ClF3N3O2/c1-10-17-14(5-4-13-18(17)12(21)7-16(29)26-13)27(9-15(28)20(22,23)24)19(10)11-3-2-6-25-8-11/h2-8,15,28H,9H2,1H3,(H,26,29). The Hall–Kier alpha value is -2.84. The van der Waals surface area contributed by atoms with Crippen LogP contribution in [0.25, 0.3) is 33.1 Å². The summed E-state index contributed by atoms with van der Waals surface area (Å²) >= 11 is 6.33. The van der Waals surface area contributed by atoms with E-state index >= 15 is 0 Å². The van der Waals surface area contributed by atoms with E-state index in [1.807, 2.05) is 0 Å². The SMILES string of the molecule is Cc1c(-c2cccnc2)n(CC(O)C(F)(F)F)c2ccc3[nH]c(=O)cc(Cl)c3c12. The lowest BCUT2D eigenvalue weighted by atomic mass is 10.0. The van der Waals surface area contributed by atoms with Crippen LogP contribution in [0.2, 0.25) is 5.02 Å². The average molecular weight is 422 g/mol. The van der Waals surface area contributed by atoms with Gasteiger partial charge in [0.1, 0.15) is 0 Å². The van der Waals surface area contributed by atoms with Crippen LogP contribution in [0.3, 0.4) is 0 Å². The number of fused-ring (bicyclic) bond motifs is 3. The van der Waals surface area contributed by atoms with Crippen molar-refractivity contribution in [3.63, 3.8) is 0 Å². The second-order valence-electron chi connectivity index (χ2n) is 6.75. The molecule has 0 spiro atoms. The van der Waals surface area contributed by atoms with Gasteiger partial charge in [-0.1, -0.05) is 11.6 Å². The Morgan fingerprint density at radius 3 is 2.69 bits per heavy atom. The number of aryl methyl sites for hydroxylation is 1. The molecule has 29 heavy (non-hydrogen) atoms. The summed E-state index contributed by atoms with van der Waals surface area (Å²) in [4.78, 5) is 18.5. The van der Waals surface area contributed by atoms with Crippen molar-refractivity contribution in [3.8, 4) is 11.3 Å². The highest BCUT2D eigenvalue weighted by Gasteiger charge is 2.39. The van der Waals surface area contributed by atoms with Gasteiger partial charge in [0.05, 0.1) is 22.8 Å². The average Bonchev–Trinajstić information content (AvgIpc) is 2.93. The number of nitrogens with zero attached hydrogens (tertiary/aromatic N) is 2. The summed E-state index contributed by atoms with van der Waals surface area (Å²) in [6, 6.07) is 7.85. The van der Waals surface area contributed by atoms with Gasteiger partial charge >= 0.3 is 6.18 Å². The zero-order valence-electron chi connectivity index (χ0n) is 15.1. The molecule has 0 aliphatic carbocycles. The molecule has 3 heterocycles. The van der Waals surface area contributed by atoms with Crippen LogP contribution in [0, 0.1) is 6.92 Å². The number of aliphatic hydroxyl groups is 1. The van der Waals surface area contributed by atoms with Gasteiger partial charge in [-0.05, 0) is 36.8 Å². The minimum Gasteiger partial charge on any atom is -0.382 e. The molecule has 0 saturated carbocycles. The van der Waals surface area contributed by atoms with Gasteiger partial charge in [-0.3, -0.25) is 9.78 Å². The number of aliphatic hydroxyl groups excluding tert-OH is 1. The summed E-state index contributed by atoms with van der Waals surface area (Å²) in [6.07, 6.45) is -4.21. The molecular formula is C20H15ClF3N3O2. The molecule has 1 atom stereocenters. The molecule has 1 aromatic carbocycles. The Morgan fingerprint density at radius 1 is 1.28 bits per heavy atom. The number of rotatable bonds is 3. The molecule has 0 aliphatic heterocycles. The Balaban J connectivity index is 2.11. The molecule has 4 rings (SSSR count). The van der Waals surface area contributed by atoms with Crippen LogP contribution in [-0.2, 0) is 6.54 Å². The fourth-order valence-corrected chi connectivity index (χ4v) is 3.98. The lowest BCUT2D eigenvalue weighted by molar-refractivity contribution is -0.207. The number of hydrogen-bond acceptors (Lipinski definition) is 3. The Labute approximate surface area is 167 Å². The van der Waals surface area contributed by atoms with E-state index in [4.69, 9.17) is 11.6 Å². The van der Waals surface area contributed by atoms with E-state index < -0.39 is 18.8 Å². The van der Waals surface area contributed by atoms with Gasteiger partial charge in [0.15, 0.2) is 6.10 Å². The third-order valence-corrected chi connectivity index (χ3v) is 5.20. The maximum atomic E-state index is 13.1. The summed E-state index contributed by atoms with van der Waals surface area (Å²) in [6.45, 7) is 1.08. The van der Waals surface area contributed by atoms with Crippen molar-refractivity contribution in [2.45, 2.75) is 25.7 Å². The summed E-state index contributed by atoms with van der Waals surface area (Å²) in [5.41, 5.74) is 2.33. The van der Waals surface area contributed by atoms with E-state index in [0.29, 0.717) is 38.6 Å². The molecule has 2 N–H and O–H groups in total. The molecule has 9 heteroatoms. The van der Waals surface area contributed by atoms with E-state index in [1.54, 1.807) is 43.6 Å². The lowest BCUT2D eigenvalue weighted by Crippen LogP contribution is -2.33. The van der Waals surface area contributed by atoms with Crippen molar-refractivity contribution in [2.75, 3.05) is 0 Å². The van der Waals surface area contributed by atoms with E-state index in [9.17, 15) is 23.1 Å². The van der Waals surface area contributed by atoms with E-state index in [2.05, 4.69) is 9.97 Å². The third kappa shape index (κ3) is 3.28. The van der Waals surface area contributed by atoms with Gasteiger partial charge in [-0.15, -0.1) is 0 Å². The van der Waals surface area contributed by atoms with Crippen molar-refractivity contribution in [3.05, 3.63) is 63.7 Å². The second-order valence-corrected chi connectivity index (χ2v) is 7.15. The highest BCUT2D eigenvalue weighted by atomic mass is 35.5. The number of benzene rings is 1. The number of H-pyrrole nitrogens is 1. The van der Waals surface area contributed by atoms with Crippen molar-refractivity contribution in [1.82, 2.24) is 14.5 Å². The summed E-state index contributed by atoms with van der Waals surface area (Å²) in [7, 11) is 0. The fraction of sp³-hybridized carbons (Fsp3) is 0.200. The molecule has 3 aromatic heterocycles. The normalized spacial score (nSPS) is 13.3. The molecule has 150 valence electrons. The molecule has 1 unspecified atom stereocenters. The number of pyridine rings is 2. The molecule has 0 saturated heterocycles. The number of aromatic nitrogens is 3. The van der Waals surface area contributed by atoms with Gasteiger partial charge in [0, 0.05) is 40.3 Å². The minimum atomic E-state index is -4.77. The molecule has 0 aliphatic rings.